The van der Waals surface area contributed by atoms with E-state index in [9.17, 15) is 4.79 Å². The zero-order valence-corrected chi connectivity index (χ0v) is 16.7. The summed E-state index contributed by atoms with van der Waals surface area (Å²) in [5, 5.41) is 3.81. The average Bonchev–Trinajstić information content (AvgIpc) is 2.53. The normalized spacial score (nSPS) is 9.78. The van der Waals surface area contributed by atoms with E-state index in [1.807, 2.05) is 45.2 Å². The third-order valence-corrected chi connectivity index (χ3v) is 4.35. The van der Waals surface area contributed by atoms with E-state index in [-0.39, 0.29) is 5.91 Å². The monoisotopic (exact) mass is 402 g/mol. The van der Waals surface area contributed by atoms with Gasteiger partial charge in [-0.3, -0.25) is 4.79 Å². The van der Waals surface area contributed by atoms with Crippen molar-refractivity contribution in [2.24, 2.45) is 0 Å². The molecule has 0 aliphatic rings. The van der Waals surface area contributed by atoms with Gasteiger partial charge in [-0.25, -0.2) is 0 Å². The van der Waals surface area contributed by atoms with Crippen LogP contribution in [0.25, 0.3) is 0 Å². The third-order valence-electron chi connectivity index (χ3n) is 3.22. The van der Waals surface area contributed by atoms with Crippen molar-refractivity contribution >= 4 is 33.4 Å². The molecular weight excluding hydrogens is 376 g/mol. The SMILES string of the molecule is C=CCCCCN(C)C(=O)CNCC.Cc1cc(Cl)ccc1Br. The van der Waals surface area contributed by atoms with E-state index in [1.165, 1.54) is 5.56 Å². The van der Waals surface area contributed by atoms with Gasteiger partial charge in [0, 0.05) is 23.1 Å². The number of amides is 1. The maximum Gasteiger partial charge on any atom is 0.236 e. The molecule has 0 saturated carbocycles. The molecule has 0 unspecified atom stereocenters. The minimum Gasteiger partial charge on any atom is -0.345 e. The zero-order chi connectivity index (χ0) is 17.7. The van der Waals surface area contributed by atoms with Crippen molar-refractivity contribution in [2.75, 3.05) is 26.7 Å². The quantitative estimate of drug-likeness (QED) is 0.498. The van der Waals surface area contributed by atoms with Gasteiger partial charge in [-0.1, -0.05) is 40.5 Å². The van der Waals surface area contributed by atoms with E-state index in [0.29, 0.717) is 6.54 Å². The highest BCUT2D eigenvalue weighted by Gasteiger charge is 2.05. The van der Waals surface area contributed by atoms with E-state index in [4.69, 9.17) is 11.6 Å². The van der Waals surface area contributed by atoms with Crippen LogP contribution in [0.4, 0.5) is 0 Å². The Labute approximate surface area is 154 Å². The van der Waals surface area contributed by atoms with Crippen molar-refractivity contribution in [1.29, 1.82) is 0 Å². The van der Waals surface area contributed by atoms with Crippen molar-refractivity contribution in [1.82, 2.24) is 10.2 Å². The summed E-state index contributed by atoms with van der Waals surface area (Å²) in [6.07, 6.45) is 5.12. The predicted molar refractivity (Wildman–Crippen MR) is 104 cm³/mol. The first-order valence-electron chi connectivity index (χ1n) is 7.89. The second kappa shape index (κ2) is 13.6. The lowest BCUT2D eigenvalue weighted by atomic mass is 10.2. The van der Waals surface area contributed by atoms with Crippen LogP contribution in [0.3, 0.4) is 0 Å². The molecule has 3 nitrogen and oxygen atoms in total. The molecule has 1 N–H and O–H groups in total. The number of allylic oxidation sites excluding steroid dienone is 1. The third kappa shape index (κ3) is 11.4. The van der Waals surface area contributed by atoms with E-state index in [2.05, 4.69) is 27.8 Å². The summed E-state index contributed by atoms with van der Waals surface area (Å²) < 4.78 is 1.10. The number of unbranched alkanes of at least 4 members (excludes halogenated alkanes) is 2. The Morgan fingerprint density at radius 3 is 2.65 bits per heavy atom. The molecule has 0 atom stereocenters. The summed E-state index contributed by atoms with van der Waals surface area (Å²) in [5.74, 6) is 0.172. The fourth-order valence-corrected chi connectivity index (χ4v) is 2.21. The van der Waals surface area contributed by atoms with Crippen LogP contribution >= 0.6 is 27.5 Å². The van der Waals surface area contributed by atoms with Crippen LogP contribution in [0.2, 0.25) is 5.02 Å². The van der Waals surface area contributed by atoms with Crippen LogP contribution in [0.15, 0.2) is 35.3 Å². The average molecular weight is 404 g/mol. The molecule has 1 amide bonds. The lowest BCUT2D eigenvalue weighted by Crippen LogP contribution is -2.35. The van der Waals surface area contributed by atoms with Crippen LogP contribution in [0, 0.1) is 6.92 Å². The number of nitrogens with zero attached hydrogens (tertiary/aromatic N) is 1. The maximum atomic E-state index is 11.4. The molecule has 0 aliphatic carbocycles. The number of carbonyl (C=O) groups is 1. The van der Waals surface area contributed by atoms with Gasteiger partial charge in [0.05, 0.1) is 6.54 Å². The van der Waals surface area contributed by atoms with Gasteiger partial charge in [0.15, 0.2) is 0 Å². The first-order chi connectivity index (χ1) is 10.9. The maximum absolute atomic E-state index is 11.4. The van der Waals surface area contributed by atoms with E-state index < -0.39 is 0 Å². The van der Waals surface area contributed by atoms with Gasteiger partial charge in [-0.05, 0) is 56.5 Å². The minimum absolute atomic E-state index is 0.172. The van der Waals surface area contributed by atoms with Gasteiger partial charge in [0.2, 0.25) is 5.91 Å². The highest BCUT2D eigenvalue weighted by atomic mass is 79.9. The number of hydrogen-bond acceptors (Lipinski definition) is 2. The molecule has 0 saturated heterocycles. The molecule has 23 heavy (non-hydrogen) atoms. The second-order valence-electron chi connectivity index (χ2n) is 5.27. The lowest BCUT2D eigenvalue weighted by molar-refractivity contribution is -0.129. The first kappa shape index (κ1) is 22.2. The molecule has 1 aromatic carbocycles. The molecule has 1 aromatic rings. The van der Waals surface area contributed by atoms with Crippen molar-refractivity contribution < 1.29 is 4.79 Å². The molecule has 0 radical (unpaired) electrons. The summed E-state index contributed by atoms with van der Waals surface area (Å²) >= 11 is 9.07. The molecule has 0 aliphatic heterocycles. The van der Waals surface area contributed by atoms with E-state index in [1.54, 1.807) is 4.90 Å². The van der Waals surface area contributed by atoms with E-state index in [0.717, 1.165) is 41.8 Å². The minimum atomic E-state index is 0.172. The zero-order valence-electron chi connectivity index (χ0n) is 14.4. The highest BCUT2D eigenvalue weighted by Crippen LogP contribution is 2.19. The predicted octanol–water partition coefficient (Wildman–Crippen LogP) is 4.82. The standard InChI is InChI=1S/C11H22N2O.C7H6BrCl/c1-4-6-7-8-9-13(3)11(14)10-12-5-2;1-5-4-6(9)2-3-7(5)8/h4,12H,1,5-10H2,2-3H3;2-4H,1H3. The van der Waals surface area contributed by atoms with Crippen LogP contribution in [0.5, 0.6) is 0 Å². The largest absolute Gasteiger partial charge is 0.345 e. The molecule has 130 valence electrons. The number of halogens is 2. The molecular formula is C18H28BrClN2O. The first-order valence-corrected chi connectivity index (χ1v) is 9.06. The number of nitrogens with one attached hydrogen (secondary N) is 1. The molecule has 0 bridgehead atoms. The summed E-state index contributed by atoms with van der Waals surface area (Å²) in [4.78, 5) is 13.2. The highest BCUT2D eigenvalue weighted by molar-refractivity contribution is 9.10. The number of aryl methyl sites for hydroxylation is 1. The van der Waals surface area contributed by atoms with Gasteiger partial charge in [0.1, 0.15) is 0 Å². The van der Waals surface area contributed by atoms with Crippen LogP contribution < -0.4 is 5.32 Å². The second-order valence-corrected chi connectivity index (χ2v) is 6.56. The van der Waals surface area contributed by atoms with Crippen molar-refractivity contribution in [2.45, 2.75) is 33.1 Å². The summed E-state index contributed by atoms with van der Waals surface area (Å²) in [6.45, 7) is 9.81. The Kier molecular flexibility index (Phi) is 13.1. The number of likely N-dealkylation sites (N-methyl/N-ethyl adjacent to an activating group) is 2. The molecule has 0 heterocycles. The lowest BCUT2D eigenvalue weighted by Gasteiger charge is -2.16. The van der Waals surface area contributed by atoms with Crippen molar-refractivity contribution in [3.05, 3.63) is 45.9 Å². The van der Waals surface area contributed by atoms with Crippen LogP contribution in [-0.4, -0.2) is 37.5 Å². The Morgan fingerprint density at radius 2 is 2.13 bits per heavy atom. The number of benzene rings is 1. The van der Waals surface area contributed by atoms with Gasteiger partial charge >= 0.3 is 0 Å². The Bertz CT molecular complexity index is 480. The molecule has 0 aromatic heterocycles. The summed E-state index contributed by atoms with van der Waals surface area (Å²) in [6, 6.07) is 5.72. The fraction of sp³-hybridized carbons (Fsp3) is 0.500. The number of carbonyl (C=O) groups excluding carboxylic acids is 1. The van der Waals surface area contributed by atoms with Gasteiger partial charge in [-0.2, -0.15) is 0 Å². The topological polar surface area (TPSA) is 32.3 Å². The fourth-order valence-electron chi connectivity index (χ4n) is 1.74. The van der Waals surface area contributed by atoms with Crippen molar-refractivity contribution in [3.8, 4) is 0 Å². The molecule has 1 rings (SSSR count). The van der Waals surface area contributed by atoms with Gasteiger partial charge in [-0.15, -0.1) is 6.58 Å². The number of hydrogen-bond donors (Lipinski definition) is 1. The molecule has 0 spiro atoms. The number of rotatable bonds is 8. The Balaban J connectivity index is 0.000000459. The van der Waals surface area contributed by atoms with Crippen molar-refractivity contribution in [3.63, 3.8) is 0 Å². The summed E-state index contributed by atoms with van der Waals surface area (Å²) in [7, 11) is 1.85. The summed E-state index contributed by atoms with van der Waals surface area (Å²) in [5.41, 5.74) is 1.17. The molecule has 5 heteroatoms. The van der Waals surface area contributed by atoms with Gasteiger partial charge in [0.25, 0.3) is 0 Å². The van der Waals surface area contributed by atoms with Gasteiger partial charge < -0.3 is 10.2 Å². The Morgan fingerprint density at radius 1 is 1.43 bits per heavy atom. The smallest absolute Gasteiger partial charge is 0.236 e. The van der Waals surface area contributed by atoms with Crippen LogP contribution in [0.1, 0.15) is 31.7 Å². The van der Waals surface area contributed by atoms with Crippen LogP contribution in [-0.2, 0) is 4.79 Å². The van der Waals surface area contributed by atoms with E-state index >= 15 is 0 Å². The molecule has 0 fully saturated rings. The Hall–Kier alpha value is -0.840.